The van der Waals surface area contributed by atoms with Gasteiger partial charge in [-0.2, -0.15) is 26.3 Å². The molecule has 2 aromatic rings. The molecule has 0 unspecified atom stereocenters. The number of nitrogens with zero attached hydrogens (tertiary/aromatic N) is 1. The predicted molar refractivity (Wildman–Crippen MR) is 208 cm³/mol. The van der Waals surface area contributed by atoms with Crippen LogP contribution in [0.1, 0.15) is 148 Å². The summed E-state index contributed by atoms with van der Waals surface area (Å²) in [5, 5.41) is 1.83. The molecule has 0 bridgehead atoms. The van der Waals surface area contributed by atoms with Gasteiger partial charge in [-0.15, -0.1) is 0 Å². The van der Waals surface area contributed by atoms with Crippen LogP contribution in [0.4, 0.5) is 30.7 Å². The van der Waals surface area contributed by atoms with Crippen molar-refractivity contribution in [1.29, 1.82) is 0 Å². The lowest BCUT2D eigenvalue weighted by atomic mass is 9.99. The summed E-state index contributed by atoms with van der Waals surface area (Å²) in [6.45, 7) is 23.3. The molecule has 1 heterocycles. The Kier molecular flexibility index (Phi) is 36.4. The van der Waals surface area contributed by atoms with E-state index in [-0.39, 0.29) is 23.2 Å². The molecule has 0 saturated heterocycles. The summed E-state index contributed by atoms with van der Waals surface area (Å²) in [4.78, 5) is 14.4. The molecule has 0 aliphatic rings. The number of aryl methyl sites for hydroxylation is 1. The average Bonchev–Trinajstić information content (AvgIpc) is 3.12. The van der Waals surface area contributed by atoms with Gasteiger partial charge in [-0.3, -0.25) is 9.78 Å². The predicted octanol–water partition coefficient (Wildman–Crippen LogP) is 15.6. The number of alkyl halides is 6. The Hall–Kier alpha value is -3.14. The van der Waals surface area contributed by atoms with Crippen LogP contribution in [0.25, 0.3) is 11.1 Å². The maximum atomic E-state index is 13.0. The van der Waals surface area contributed by atoms with Gasteiger partial charge >= 0.3 is 12.4 Å². The Balaban J connectivity index is -0.000000322. The topological polar surface area (TPSA) is 30.0 Å². The fourth-order valence-electron chi connectivity index (χ4n) is 3.95. The van der Waals surface area contributed by atoms with Crippen molar-refractivity contribution in [2.75, 3.05) is 0 Å². The first-order chi connectivity index (χ1) is 24.2. The molecule has 0 aliphatic carbocycles. The van der Waals surface area contributed by atoms with E-state index in [1.165, 1.54) is 50.1 Å². The highest BCUT2D eigenvalue weighted by molar-refractivity contribution is 7.78. The largest absolute Gasteiger partial charge is 0.417 e. The third kappa shape index (κ3) is 26.3. The molecule has 0 atom stereocenters. The van der Waals surface area contributed by atoms with E-state index in [9.17, 15) is 35.5 Å². The van der Waals surface area contributed by atoms with E-state index in [2.05, 4.69) is 30.7 Å². The summed E-state index contributed by atoms with van der Waals surface area (Å²) in [5.41, 5.74) is -0.0511. The fraction of sp³-hybridized carbons (Fsp3) is 0.537. The molecule has 0 N–H and O–H groups in total. The second-order valence-corrected chi connectivity index (χ2v) is 10.6. The van der Waals surface area contributed by atoms with Crippen molar-refractivity contribution in [1.82, 2.24) is 4.98 Å². The number of carbonyl (C=O) groups excluding carboxylic acids is 1. The van der Waals surface area contributed by atoms with Gasteiger partial charge in [-0.1, -0.05) is 138 Å². The summed E-state index contributed by atoms with van der Waals surface area (Å²) in [6, 6.07) is 3.86. The molecule has 0 fully saturated rings. The number of carbonyl (C=O) groups is 1. The third-order valence-corrected chi connectivity index (χ3v) is 6.70. The molecule has 2 rings (SSSR count). The summed E-state index contributed by atoms with van der Waals surface area (Å²) >= 11 is 4.68. The van der Waals surface area contributed by atoms with Crippen molar-refractivity contribution in [3.05, 3.63) is 89.1 Å². The molecule has 10 heteroatoms. The van der Waals surface area contributed by atoms with Crippen LogP contribution in [0, 0.1) is 12.7 Å². The van der Waals surface area contributed by atoms with Crippen LogP contribution in [0.2, 0.25) is 0 Å². The maximum absolute atomic E-state index is 13.0. The summed E-state index contributed by atoms with van der Waals surface area (Å²) in [7, 11) is 0. The number of unbranched alkanes of at least 4 members (excludes halogenated alkanes) is 5. The van der Waals surface area contributed by atoms with Crippen LogP contribution in [0.3, 0.4) is 0 Å². The van der Waals surface area contributed by atoms with Crippen molar-refractivity contribution in [3.8, 4) is 11.1 Å². The van der Waals surface area contributed by atoms with Gasteiger partial charge in [0.05, 0.1) is 5.56 Å². The van der Waals surface area contributed by atoms with E-state index in [1.807, 2.05) is 60.8 Å². The zero-order valence-corrected chi connectivity index (χ0v) is 33.3. The van der Waals surface area contributed by atoms with Gasteiger partial charge in [0.25, 0.3) is 0 Å². The SMILES string of the molecule is C=C/C(=C\C=C(/CCCC)C(F)(F)F)CCC.CC.CC.CC.CCCCCCC=S.Cc1cc(-c2ccc(F)cc2C(F)(F)F)cnc1C=O. The van der Waals surface area contributed by atoms with Crippen molar-refractivity contribution in [2.24, 2.45) is 0 Å². The summed E-state index contributed by atoms with van der Waals surface area (Å²) in [6.07, 6.45) is 6.68. The quantitative estimate of drug-likeness (QED) is 0.0633. The molecule has 292 valence electrons. The Morgan fingerprint density at radius 2 is 1.41 bits per heavy atom. The van der Waals surface area contributed by atoms with Gasteiger partial charge < -0.3 is 0 Å². The number of allylic oxidation sites excluding steroid dienone is 5. The van der Waals surface area contributed by atoms with E-state index >= 15 is 0 Å². The van der Waals surface area contributed by atoms with Crippen LogP contribution in [0.5, 0.6) is 0 Å². The highest BCUT2D eigenvalue weighted by Gasteiger charge is 2.34. The van der Waals surface area contributed by atoms with Crippen molar-refractivity contribution < 1.29 is 35.5 Å². The Labute approximate surface area is 309 Å². The minimum Gasteiger partial charge on any atom is -0.296 e. The first kappa shape index (κ1) is 54.6. The summed E-state index contributed by atoms with van der Waals surface area (Å²) < 4.78 is 89.8. The van der Waals surface area contributed by atoms with E-state index in [0.717, 1.165) is 43.4 Å². The molecule has 0 radical (unpaired) electrons. The average molecular weight is 750 g/mol. The van der Waals surface area contributed by atoms with E-state index < -0.39 is 29.3 Å². The van der Waals surface area contributed by atoms with Crippen LogP contribution in [-0.2, 0) is 6.18 Å². The van der Waals surface area contributed by atoms with Crippen LogP contribution in [-0.4, -0.2) is 22.8 Å². The first-order valence-electron chi connectivity index (χ1n) is 18.0. The Morgan fingerprint density at radius 3 is 1.84 bits per heavy atom. The van der Waals surface area contributed by atoms with Gasteiger partial charge in [0.2, 0.25) is 0 Å². The molecule has 1 aromatic heterocycles. The number of benzene rings is 1. The Bertz CT molecular complexity index is 1250. The minimum atomic E-state index is -4.67. The molecule has 0 amide bonds. The second kappa shape index (κ2) is 34.0. The number of pyridine rings is 1. The monoisotopic (exact) mass is 749 g/mol. The van der Waals surface area contributed by atoms with Crippen LogP contribution in [0.15, 0.2) is 66.4 Å². The Morgan fingerprint density at radius 1 is 0.824 bits per heavy atom. The minimum absolute atomic E-state index is 0.0903. The molecule has 51 heavy (non-hydrogen) atoms. The zero-order chi connectivity index (χ0) is 40.5. The lowest BCUT2D eigenvalue weighted by Gasteiger charge is -2.13. The lowest BCUT2D eigenvalue weighted by molar-refractivity contribution is -0.137. The molecule has 2 nitrogen and oxygen atoms in total. The first-order valence-corrected chi connectivity index (χ1v) is 18.5. The molecule has 1 aromatic carbocycles. The van der Waals surface area contributed by atoms with Gasteiger partial charge in [0, 0.05) is 17.3 Å². The third-order valence-electron chi connectivity index (χ3n) is 6.47. The van der Waals surface area contributed by atoms with Crippen molar-refractivity contribution in [3.63, 3.8) is 0 Å². The number of rotatable bonds is 14. The van der Waals surface area contributed by atoms with E-state index in [4.69, 9.17) is 0 Å². The molecule has 0 saturated carbocycles. The number of hydrogen-bond acceptors (Lipinski definition) is 3. The maximum Gasteiger partial charge on any atom is 0.417 e. The van der Waals surface area contributed by atoms with Gasteiger partial charge in [0.1, 0.15) is 11.5 Å². The molecular formula is C41H62F7NOS. The smallest absolute Gasteiger partial charge is 0.296 e. The van der Waals surface area contributed by atoms with E-state index in [0.29, 0.717) is 24.3 Å². The van der Waals surface area contributed by atoms with Crippen molar-refractivity contribution >= 4 is 23.9 Å². The number of halogens is 7. The highest BCUT2D eigenvalue weighted by Crippen LogP contribution is 2.37. The second-order valence-electron chi connectivity index (χ2n) is 10.2. The van der Waals surface area contributed by atoms with Crippen LogP contribution < -0.4 is 0 Å². The van der Waals surface area contributed by atoms with Crippen molar-refractivity contribution in [2.45, 2.75) is 146 Å². The fourth-order valence-corrected chi connectivity index (χ4v) is 4.12. The van der Waals surface area contributed by atoms with Crippen LogP contribution >= 0.6 is 12.2 Å². The number of aldehydes is 1. The van der Waals surface area contributed by atoms with Gasteiger partial charge in [0.15, 0.2) is 6.29 Å². The molecule has 0 aliphatic heterocycles. The normalized spacial score (nSPS) is 10.9. The van der Waals surface area contributed by atoms with Gasteiger partial charge in [-0.25, -0.2) is 4.39 Å². The lowest BCUT2D eigenvalue weighted by Crippen LogP contribution is -2.11. The molecule has 0 spiro atoms. The summed E-state index contributed by atoms with van der Waals surface area (Å²) in [5.74, 6) is -0.963. The number of thiocarbonyl (C=S) groups is 1. The number of hydrogen-bond donors (Lipinski definition) is 0. The number of aromatic nitrogens is 1. The van der Waals surface area contributed by atoms with Gasteiger partial charge in [-0.05, 0) is 79.3 Å². The van der Waals surface area contributed by atoms with E-state index in [1.54, 1.807) is 13.0 Å². The highest BCUT2D eigenvalue weighted by atomic mass is 32.1. The standard InChI is InChI=1S/C14H9F4NO.C14H21F3.C7H14S.3C2H6/c1-8-4-9(6-19-13(8)7-20)11-3-2-10(15)5-12(11)14(16,17)18;1-4-7-9-13(14(15,16)17)11-10-12(6-3)8-5-2;1-2-3-4-5-6-7-8;3*1-2/h2-7H,1H3;6,10-11H,3-5,7-9H2,1-2H3;7H,2-6H2,1H3;3*1-2H3/b;12-10+,13-11+;;;;. The molecular weight excluding hydrogens is 688 g/mol. The zero-order valence-electron chi connectivity index (χ0n) is 32.5.